The van der Waals surface area contributed by atoms with Crippen LogP contribution in [0, 0.1) is 0 Å². The minimum atomic E-state index is -1.50. The van der Waals surface area contributed by atoms with E-state index in [9.17, 15) is 4.79 Å². The van der Waals surface area contributed by atoms with E-state index in [1.54, 1.807) is 0 Å². The van der Waals surface area contributed by atoms with Gasteiger partial charge in [0.1, 0.15) is 13.3 Å². The summed E-state index contributed by atoms with van der Waals surface area (Å²) < 4.78 is 3.27. The van der Waals surface area contributed by atoms with Gasteiger partial charge in [0.05, 0.1) is 6.21 Å². The van der Waals surface area contributed by atoms with Crippen molar-refractivity contribution in [1.82, 2.24) is 0 Å². The maximum atomic E-state index is 10.3. The molecule has 0 atom stereocenters. The van der Waals surface area contributed by atoms with Crippen LogP contribution in [-0.4, -0.2) is 29.1 Å². The zero-order valence-corrected chi connectivity index (χ0v) is 8.66. The number of hydrogen-bond acceptors (Lipinski definition) is 3. The van der Waals surface area contributed by atoms with Gasteiger partial charge in [-0.3, -0.25) is 9.79 Å². The van der Waals surface area contributed by atoms with Crippen molar-refractivity contribution in [3.05, 3.63) is 0 Å². The maximum Gasteiger partial charge on any atom is 0.225 e. The first-order valence-electron chi connectivity index (χ1n) is 3.07. The van der Waals surface area contributed by atoms with Crippen LogP contribution >= 0.6 is 34.8 Å². The normalized spacial score (nSPS) is 12.3. The summed E-state index contributed by atoms with van der Waals surface area (Å²) in [6, 6.07) is 0. The minimum absolute atomic E-state index is 0.0213. The van der Waals surface area contributed by atoms with Gasteiger partial charge in [0.2, 0.25) is 3.79 Å². The number of carbonyl (C=O) groups excluding carboxylic acids is 1. The zero-order chi connectivity index (χ0) is 9.61. The van der Waals surface area contributed by atoms with E-state index < -0.39 is 3.79 Å². The quantitative estimate of drug-likeness (QED) is 0.422. The molecule has 0 aromatic carbocycles. The van der Waals surface area contributed by atoms with Crippen molar-refractivity contribution in [3.63, 3.8) is 0 Å². The van der Waals surface area contributed by atoms with Crippen molar-refractivity contribution in [3.8, 4) is 0 Å². The Balaban J connectivity index is 3.43. The van der Waals surface area contributed by atoms with Gasteiger partial charge in [0.15, 0.2) is 5.78 Å². The lowest BCUT2D eigenvalue weighted by Gasteiger charge is -2.01. The Bertz CT molecular complexity index is 176. The summed E-state index contributed by atoms with van der Waals surface area (Å²) in [5.74, 6) is -0.0703. The first kappa shape index (κ1) is 12.2. The molecule has 0 spiro atoms. The summed E-state index contributed by atoms with van der Waals surface area (Å²) in [6.07, 6.45) is 1.12. The highest BCUT2D eigenvalue weighted by molar-refractivity contribution is 6.74. The van der Waals surface area contributed by atoms with E-state index in [2.05, 4.69) is 4.99 Å². The Morgan fingerprint density at radius 2 is 2.17 bits per heavy atom. The largest absolute Gasteiger partial charge is 0.352 e. The third-order valence-electron chi connectivity index (χ3n) is 0.709. The van der Waals surface area contributed by atoms with Crippen LogP contribution in [0.2, 0.25) is 0 Å². The molecular formula is C6H8Cl3NO2. The first-order valence-corrected chi connectivity index (χ1v) is 4.20. The molecule has 6 heteroatoms. The molecule has 70 valence electrons. The fourth-order valence-electron chi connectivity index (χ4n) is 0.383. The lowest BCUT2D eigenvalue weighted by molar-refractivity contribution is -0.121. The average molecular weight is 232 g/mol. The Morgan fingerprint density at radius 3 is 2.58 bits per heavy atom. The number of ether oxygens (including phenoxy) is 1. The van der Waals surface area contributed by atoms with Crippen molar-refractivity contribution in [2.24, 2.45) is 4.99 Å². The first-order chi connectivity index (χ1) is 5.42. The molecule has 0 amide bonds. The van der Waals surface area contributed by atoms with Gasteiger partial charge in [-0.05, 0) is 6.92 Å². The molecule has 0 heterocycles. The fourth-order valence-corrected chi connectivity index (χ4v) is 0.590. The second-order valence-electron chi connectivity index (χ2n) is 2.03. The average Bonchev–Trinajstić information content (AvgIpc) is 1.83. The van der Waals surface area contributed by atoms with Gasteiger partial charge in [-0.2, -0.15) is 0 Å². The van der Waals surface area contributed by atoms with E-state index >= 15 is 0 Å². The number of ketones is 1. The van der Waals surface area contributed by atoms with Crippen molar-refractivity contribution >= 4 is 46.8 Å². The van der Waals surface area contributed by atoms with Gasteiger partial charge >= 0.3 is 0 Å². The summed E-state index contributed by atoms with van der Waals surface area (Å²) in [4.78, 5) is 14.0. The molecule has 0 aliphatic heterocycles. The standard InChI is InChI=1S/C6H8Cl3NO2/c1-5(11)2-12-4-10-3-6(7,8)9/h3H,2,4H2,1H3/b10-3+. The van der Waals surface area contributed by atoms with Crippen molar-refractivity contribution < 1.29 is 9.53 Å². The highest BCUT2D eigenvalue weighted by Gasteiger charge is 2.14. The SMILES string of the molecule is CC(=O)COC/N=C/C(Cl)(Cl)Cl. The molecular weight excluding hydrogens is 224 g/mol. The zero-order valence-electron chi connectivity index (χ0n) is 6.39. The lowest BCUT2D eigenvalue weighted by Crippen LogP contribution is -2.07. The molecule has 0 saturated heterocycles. The Labute approximate surface area is 85.6 Å². The van der Waals surface area contributed by atoms with Crippen LogP contribution in [0.5, 0.6) is 0 Å². The molecule has 0 unspecified atom stereocenters. The molecule has 0 N–H and O–H groups in total. The number of alkyl halides is 3. The van der Waals surface area contributed by atoms with E-state index in [0.717, 1.165) is 6.21 Å². The highest BCUT2D eigenvalue weighted by atomic mass is 35.6. The van der Waals surface area contributed by atoms with Gasteiger partial charge in [0.25, 0.3) is 0 Å². The number of halogens is 3. The van der Waals surface area contributed by atoms with Gasteiger partial charge in [-0.1, -0.05) is 34.8 Å². The number of aliphatic imine (C=N–C) groups is 1. The summed E-state index contributed by atoms with van der Waals surface area (Å²) in [5.41, 5.74) is 0. The highest BCUT2D eigenvalue weighted by Crippen LogP contribution is 2.22. The van der Waals surface area contributed by atoms with Crippen molar-refractivity contribution in [2.45, 2.75) is 10.7 Å². The molecule has 12 heavy (non-hydrogen) atoms. The predicted octanol–water partition coefficient (Wildman–Crippen LogP) is 1.99. The molecule has 0 rings (SSSR count). The Hall–Kier alpha value is 0.170. The van der Waals surface area contributed by atoms with Crippen LogP contribution in [0.3, 0.4) is 0 Å². The van der Waals surface area contributed by atoms with E-state index in [4.69, 9.17) is 39.5 Å². The third kappa shape index (κ3) is 10.2. The molecule has 0 aromatic rings. The van der Waals surface area contributed by atoms with Crippen LogP contribution < -0.4 is 0 Å². The summed E-state index contributed by atoms with van der Waals surface area (Å²) in [7, 11) is 0. The van der Waals surface area contributed by atoms with Crippen molar-refractivity contribution in [2.75, 3.05) is 13.3 Å². The number of hydrogen-bond donors (Lipinski definition) is 0. The second kappa shape index (κ2) is 5.75. The van der Waals surface area contributed by atoms with Crippen LogP contribution in [0.4, 0.5) is 0 Å². The fraction of sp³-hybridized carbons (Fsp3) is 0.667. The third-order valence-corrected chi connectivity index (χ3v) is 1.00. The number of nitrogens with zero attached hydrogens (tertiary/aromatic N) is 1. The van der Waals surface area contributed by atoms with E-state index in [-0.39, 0.29) is 19.1 Å². The number of carbonyl (C=O) groups is 1. The molecule has 0 fully saturated rings. The van der Waals surface area contributed by atoms with Gasteiger partial charge < -0.3 is 4.74 Å². The topological polar surface area (TPSA) is 38.7 Å². The van der Waals surface area contributed by atoms with E-state index in [1.165, 1.54) is 6.92 Å². The Morgan fingerprint density at radius 1 is 1.58 bits per heavy atom. The van der Waals surface area contributed by atoms with Gasteiger partial charge in [-0.15, -0.1) is 0 Å². The van der Waals surface area contributed by atoms with Crippen LogP contribution in [0.25, 0.3) is 0 Å². The molecule has 0 aromatic heterocycles. The lowest BCUT2D eigenvalue weighted by atomic mass is 10.5. The molecule has 0 bridgehead atoms. The van der Waals surface area contributed by atoms with Gasteiger partial charge in [0, 0.05) is 0 Å². The summed E-state index contributed by atoms with van der Waals surface area (Å²) in [6.45, 7) is 1.46. The van der Waals surface area contributed by atoms with Crippen LogP contribution in [0.15, 0.2) is 4.99 Å². The van der Waals surface area contributed by atoms with Gasteiger partial charge in [-0.25, -0.2) is 0 Å². The smallest absolute Gasteiger partial charge is 0.225 e. The monoisotopic (exact) mass is 231 g/mol. The molecule has 0 saturated carbocycles. The van der Waals surface area contributed by atoms with E-state index in [0.29, 0.717) is 0 Å². The number of rotatable bonds is 4. The van der Waals surface area contributed by atoms with Crippen LogP contribution in [-0.2, 0) is 9.53 Å². The van der Waals surface area contributed by atoms with Crippen molar-refractivity contribution in [1.29, 1.82) is 0 Å². The molecule has 3 nitrogen and oxygen atoms in total. The molecule has 0 aliphatic carbocycles. The molecule has 0 aliphatic rings. The second-order valence-corrected chi connectivity index (χ2v) is 4.40. The maximum absolute atomic E-state index is 10.3. The Kier molecular flexibility index (Phi) is 5.84. The molecule has 0 radical (unpaired) electrons. The van der Waals surface area contributed by atoms with Crippen LogP contribution in [0.1, 0.15) is 6.92 Å². The predicted molar refractivity (Wildman–Crippen MR) is 50.3 cm³/mol. The van der Waals surface area contributed by atoms with E-state index in [1.807, 2.05) is 0 Å². The number of Topliss-reactive ketones (excluding diaryl/α,β-unsaturated/α-hetero) is 1. The summed E-state index contributed by atoms with van der Waals surface area (Å²) in [5, 5.41) is 0. The summed E-state index contributed by atoms with van der Waals surface area (Å²) >= 11 is 16.0. The minimum Gasteiger partial charge on any atom is -0.352 e.